The molecule has 5 nitrogen and oxygen atoms in total. The minimum absolute atomic E-state index is 0.283. The van der Waals surface area contributed by atoms with Crippen LogP contribution >= 0.6 is 0 Å². The molecule has 0 radical (unpaired) electrons. The number of unbranched alkanes of at least 4 members (excludes halogenated alkanes) is 1. The number of carbonyl (C=O) groups is 1. The standard InChI is InChI=1S/C19H21N3O2/c1-3-4-11-24-18(23)14-6-8-15(9-7-14)20-19-21-16-10-5-13(2)12-17(16)22-19/h5-10,12H,3-4,11H2,1-2H3,(H2,20,21,22). The largest absolute Gasteiger partial charge is 0.462 e. The summed E-state index contributed by atoms with van der Waals surface area (Å²) in [5, 5.41) is 3.21. The number of hydrogen-bond donors (Lipinski definition) is 2. The Bertz CT molecular complexity index is 837. The van der Waals surface area contributed by atoms with Crippen molar-refractivity contribution in [3.63, 3.8) is 0 Å². The molecule has 5 heteroatoms. The molecule has 0 unspecified atom stereocenters. The number of fused-ring (bicyclic) bond motifs is 1. The number of aromatic amines is 1. The minimum Gasteiger partial charge on any atom is -0.462 e. The Morgan fingerprint density at radius 3 is 2.75 bits per heavy atom. The Labute approximate surface area is 141 Å². The Balaban J connectivity index is 1.67. The molecular weight excluding hydrogens is 302 g/mol. The van der Waals surface area contributed by atoms with Crippen LogP contribution in [0.2, 0.25) is 0 Å². The summed E-state index contributed by atoms with van der Waals surface area (Å²) in [4.78, 5) is 19.6. The highest BCUT2D eigenvalue weighted by atomic mass is 16.5. The van der Waals surface area contributed by atoms with Crippen molar-refractivity contribution in [3.05, 3.63) is 53.6 Å². The van der Waals surface area contributed by atoms with Crippen LogP contribution < -0.4 is 5.32 Å². The first-order valence-electron chi connectivity index (χ1n) is 8.16. The molecule has 0 aliphatic carbocycles. The van der Waals surface area contributed by atoms with E-state index in [4.69, 9.17) is 4.74 Å². The number of esters is 1. The highest BCUT2D eigenvalue weighted by Crippen LogP contribution is 2.19. The maximum atomic E-state index is 11.9. The van der Waals surface area contributed by atoms with Crippen molar-refractivity contribution >= 4 is 28.6 Å². The fraction of sp³-hybridized carbons (Fsp3) is 0.263. The number of H-pyrrole nitrogens is 1. The van der Waals surface area contributed by atoms with Crippen molar-refractivity contribution < 1.29 is 9.53 Å². The molecule has 1 aromatic heterocycles. The SMILES string of the molecule is CCCCOC(=O)c1ccc(Nc2nc3ccc(C)cc3[nH]2)cc1. The summed E-state index contributed by atoms with van der Waals surface area (Å²) in [6, 6.07) is 13.3. The zero-order valence-electron chi connectivity index (χ0n) is 13.9. The number of aryl methyl sites for hydroxylation is 1. The van der Waals surface area contributed by atoms with Crippen LogP contribution in [-0.2, 0) is 4.74 Å². The van der Waals surface area contributed by atoms with Crippen molar-refractivity contribution in [2.24, 2.45) is 0 Å². The first-order valence-corrected chi connectivity index (χ1v) is 8.16. The van der Waals surface area contributed by atoms with Gasteiger partial charge in [0.2, 0.25) is 5.95 Å². The van der Waals surface area contributed by atoms with E-state index >= 15 is 0 Å². The molecule has 3 rings (SSSR count). The number of rotatable bonds is 6. The van der Waals surface area contributed by atoms with E-state index in [1.165, 1.54) is 5.56 Å². The van der Waals surface area contributed by atoms with Gasteiger partial charge in [-0.1, -0.05) is 19.4 Å². The molecule has 0 bridgehead atoms. The predicted octanol–water partition coefficient (Wildman–Crippen LogP) is 4.57. The number of anilines is 2. The van der Waals surface area contributed by atoms with Gasteiger partial charge in [-0.3, -0.25) is 0 Å². The van der Waals surface area contributed by atoms with Gasteiger partial charge in [-0.05, 0) is 55.3 Å². The van der Waals surface area contributed by atoms with Crippen LogP contribution in [0, 0.1) is 6.92 Å². The van der Waals surface area contributed by atoms with Gasteiger partial charge in [0.05, 0.1) is 23.2 Å². The summed E-state index contributed by atoms with van der Waals surface area (Å²) >= 11 is 0. The summed E-state index contributed by atoms with van der Waals surface area (Å²) in [6.07, 6.45) is 1.89. The van der Waals surface area contributed by atoms with Crippen LogP contribution in [0.5, 0.6) is 0 Å². The van der Waals surface area contributed by atoms with E-state index in [-0.39, 0.29) is 5.97 Å². The van der Waals surface area contributed by atoms with Crippen LogP contribution in [0.25, 0.3) is 11.0 Å². The van der Waals surface area contributed by atoms with Gasteiger partial charge in [0.15, 0.2) is 0 Å². The van der Waals surface area contributed by atoms with Crippen molar-refractivity contribution in [3.8, 4) is 0 Å². The van der Waals surface area contributed by atoms with Crippen molar-refractivity contribution in [2.45, 2.75) is 26.7 Å². The van der Waals surface area contributed by atoms with E-state index in [1.807, 2.05) is 31.2 Å². The number of ether oxygens (including phenoxy) is 1. The molecule has 0 atom stereocenters. The van der Waals surface area contributed by atoms with E-state index in [0.717, 1.165) is 29.6 Å². The molecule has 0 spiro atoms. The third kappa shape index (κ3) is 3.74. The second kappa shape index (κ2) is 7.17. The van der Waals surface area contributed by atoms with Crippen molar-refractivity contribution in [1.82, 2.24) is 9.97 Å². The number of benzene rings is 2. The predicted molar refractivity (Wildman–Crippen MR) is 95.7 cm³/mol. The maximum Gasteiger partial charge on any atom is 0.338 e. The Hall–Kier alpha value is -2.82. The molecule has 2 N–H and O–H groups in total. The van der Waals surface area contributed by atoms with E-state index in [9.17, 15) is 4.79 Å². The molecule has 0 saturated heterocycles. The normalized spacial score (nSPS) is 10.8. The topological polar surface area (TPSA) is 67.0 Å². The van der Waals surface area contributed by atoms with Crippen LogP contribution in [-0.4, -0.2) is 22.5 Å². The van der Waals surface area contributed by atoms with Gasteiger partial charge >= 0.3 is 5.97 Å². The summed E-state index contributed by atoms with van der Waals surface area (Å²) in [6.45, 7) is 4.58. The molecule has 2 aromatic carbocycles. The van der Waals surface area contributed by atoms with Crippen molar-refractivity contribution in [1.29, 1.82) is 0 Å². The number of carbonyl (C=O) groups excluding carboxylic acids is 1. The van der Waals surface area contributed by atoms with E-state index in [0.29, 0.717) is 18.1 Å². The zero-order chi connectivity index (χ0) is 16.9. The number of imidazole rings is 1. The smallest absolute Gasteiger partial charge is 0.338 e. The molecule has 0 saturated carbocycles. The fourth-order valence-electron chi connectivity index (χ4n) is 2.40. The van der Waals surface area contributed by atoms with Crippen LogP contribution in [0.15, 0.2) is 42.5 Å². The molecule has 0 aliphatic rings. The Kier molecular flexibility index (Phi) is 4.79. The Morgan fingerprint density at radius 1 is 1.21 bits per heavy atom. The summed E-state index contributed by atoms with van der Waals surface area (Å²) in [5.74, 6) is 0.392. The van der Waals surface area contributed by atoms with Gasteiger partial charge in [0, 0.05) is 5.69 Å². The third-order valence-corrected chi connectivity index (χ3v) is 3.75. The summed E-state index contributed by atoms with van der Waals surface area (Å²) in [7, 11) is 0. The first-order chi connectivity index (χ1) is 11.7. The van der Waals surface area contributed by atoms with Crippen LogP contribution in [0.3, 0.4) is 0 Å². The zero-order valence-corrected chi connectivity index (χ0v) is 13.9. The second-order valence-electron chi connectivity index (χ2n) is 5.80. The quantitative estimate of drug-likeness (QED) is 0.515. The van der Waals surface area contributed by atoms with Crippen LogP contribution in [0.1, 0.15) is 35.7 Å². The molecule has 1 heterocycles. The second-order valence-corrected chi connectivity index (χ2v) is 5.80. The average molecular weight is 323 g/mol. The van der Waals surface area contributed by atoms with Crippen LogP contribution in [0.4, 0.5) is 11.6 Å². The molecule has 0 fully saturated rings. The summed E-state index contributed by atoms with van der Waals surface area (Å²) in [5.41, 5.74) is 4.50. The summed E-state index contributed by atoms with van der Waals surface area (Å²) < 4.78 is 5.20. The minimum atomic E-state index is -0.283. The fourth-order valence-corrected chi connectivity index (χ4v) is 2.40. The Morgan fingerprint density at radius 2 is 2.00 bits per heavy atom. The highest BCUT2D eigenvalue weighted by Gasteiger charge is 2.07. The van der Waals surface area contributed by atoms with E-state index in [1.54, 1.807) is 12.1 Å². The third-order valence-electron chi connectivity index (χ3n) is 3.75. The number of nitrogens with zero attached hydrogens (tertiary/aromatic N) is 1. The van der Waals surface area contributed by atoms with E-state index < -0.39 is 0 Å². The number of aromatic nitrogens is 2. The highest BCUT2D eigenvalue weighted by molar-refractivity contribution is 5.90. The lowest BCUT2D eigenvalue weighted by atomic mass is 10.2. The number of hydrogen-bond acceptors (Lipinski definition) is 4. The lowest BCUT2D eigenvalue weighted by Crippen LogP contribution is -2.06. The molecule has 124 valence electrons. The van der Waals surface area contributed by atoms with Gasteiger partial charge in [-0.2, -0.15) is 0 Å². The first kappa shape index (κ1) is 16.1. The molecule has 24 heavy (non-hydrogen) atoms. The van der Waals surface area contributed by atoms with Crippen molar-refractivity contribution in [2.75, 3.05) is 11.9 Å². The molecular formula is C19H21N3O2. The lowest BCUT2D eigenvalue weighted by Gasteiger charge is -2.06. The van der Waals surface area contributed by atoms with Gasteiger partial charge in [-0.25, -0.2) is 9.78 Å². The van der Waals surface area contributed by atoms with Gasteiger partial charge in [0.1, 0.15) is 0 Å². The van der Waals surface area contributed by atoms with Gasteiger partial charge < -0.3 is 15.0 Å². The molecule has 3 aromatic rings. The maximum absolute atomic E-state index is 11.9. The average Bonchev–Trinajstić information content (AvgIpc) is 2.97. The van der Waals surface area contributed by atoms with E-state index in [2.05, 4.69) is 28.3 Å². The van der Waals surface area contributed by atoms with Gasteiger partial charge in [-0.15, -0.1) is 0 Å². The lowest BCUT2D eigenvalue weighted by molar-refractivity contribution is 0.0500. The monoisotopic (exact) mass is 323 g/mol. The molecule has 0 aliphatic heterocycles. The molecule has 0 amide bonds. The van der Waals surface area contributed by atoms with Gasteiger partial charge in [0.25, 0.3) is 0 Å². The number of nitrogens with one attached hydrogen (secondary N) is 2.